The van der Waals surface area contributed by atoms with Crippen LogP contribution in [0.2, 0.25) is 0 Å². The van der Waals surface area contributed by atoms with Crippen LogP contribution in [-0.2, 0) is 6.18 Å². The minimum absolute atomic E-state index is 0.0152. The second-order valence-electron chi connectivity index (χ2n) is 4.37. The molecular weight excluding hydrogens is 271 g/mol. The van der Waals surface area contributed by atoms with E-state index in [0.717, 1.165) is 18.6 Å². The molecule has 1 unspecified atom stereocenters. The highest BCUT2D eigenvalue weighted by molar-refractivity contribution is 5.52. The number of halogens is 3. The van der Waals surface area contributed by atoms with E-state index in [4.69, 9.17) is 10.4 Å². The number of nitrogens with one attached hydrogen (secondary N) is 1. The third kappa shape index (κ3) is 4.38. The maximum atomic E-state index is 12.6. The molecule has 0 spiro atoms. The third-order valence-corrected chi connectivity index (χ3v) is 2.98. The summed E-state index contributed by atoms with van der Waals surface area (Å²) in [5, 5.41) is 20.5. The summed E-state index contributed by atoms with van der Waals surface area (Å²) >= 11 is 0. The molecule has 7 heteroatoms. The number of nitriles is 1. The molecule has 1 aromatic heterocycles. The van der Waals surface area contributed by atoms with Gasteiger partial charge < -0.3 is 10.4 Å². The Bertz CT molecular complexity index is 483. The lowest BCUT2D eigenvalue weighted by Gasteiger charge is -2.16. The zero-order valence-electron chi connectivity index (χ0n) is 11.0. The van der Waals surface area contributed by atoms with E-state index >= 15 is 0 Å². The molecule has 20 heavy (non-hydrogen) atoms. The second-order valence-corrected chi connectivity index (χ2v) is 4.37. The van der Waals surface area contributed by atoms with Gasteiger partial charge in [0, 0.05) is 13.2 Å². The van der Waals surface area contributed by atoms with Gasteiger partial charge in [0.15, 0.2) is 0 Å². The van der Waals surface area contributed by atoms with Crippen LogP contribution in [0, 0.1) is 17.2 Å². The molecular formula is C13H16F3N3O. The molecule has 1 atom stereocenters. The fourth-order valence-corrected chi connectivity index (χ4v) is 1.72. The van der Waals surface area contributed by atoms with E-state index in [1.54, 1.807) is 6.07 Å². The number of nitrogens with zero attached hydrogens (tertiary/aromatic N) is 2. The number of aromatic nitrogens is 1. The number of hydrogen-bond donors (Lipinski definition) is 2. The number of alkyl halides is 3. The quantitative estimate of drug-likeness (QED) is 0.844. The van der Waals surface area contributed by atoms with E-state index in [-0.39, 0.29) is 23.9 Å². The Morgan fingerprint density at radius 2 is 2.15 bits per heavy atom. The fraction of sp³-hybridized carbons (Fsp3) is 0.538. The van der Waals surface area contributed by atoms with Crippen molar-refractivity contribution in [1.82, 2.24) is 4.98 Å². The van der Waals surface area contributed by atoms with Crippen molar-refractivity contribution >= 4 is 5.82 Å². The minimum atomic E-state index is -4.54. The molecule has 0 saturated heterocycles. The second kappa shape index (κ2) is 7.10. The van der Waals surface area contributed by atoms with Crippen LogP contribution in [0.5, 0.6) is 0 Å². The lowest BCUT2D eigenvalue weighted by atomic mass is 10.0. The summed E-state index contributed by atoms with van der Waals surface area (Å²) in [5.74, 6) is 0.0431. The molecule has 0 fully saturated rings. The van der Waals surface area contributed by atoms with Gasteiger partial charge in [-0.15, -0.1) is 0 Å². The van der Waals surface area contributed by atoms with Gasteiger partial charge in [-0.05, 0) is 24.5 Å². The predicted molar refractivity (Wildman–Crippen MR) is 67.9 cm³/mol. The van der Waals surface area contributed by atoms with Crippen LogP contribution in [-0.4, -0.2) is 23.2 Å². The minimum Gasteiger partial charge on any atom is -0.396 e. The average Bonchev–Trinajstić information content (AvgIpc) is 2.42. The summed E-state index contributed by atoms with van der Waals surface area (Å²) in [5.41, 5.74) is -0.967. The number of anilines is 1. The lowest BCUT2D eigenvalue weighted by molar-refractivity contribution is -0.141. The smallest absolute Gasteiger partial charge is 0.396 e. The maximum absolute atomic E-state index is 12.6. The summed E-state index contributed by atoms with van der Waals surface area (Å²) in [4.78, 5) is 3.46. The molecule has 1 aromatic rings. The van der Waals surface area contributed by atoms with E-state index in [1.165, 1.54) is 0 Å². The Kier molecular flexibility index (Phi) is 5.77. The van der Waals surface area contributed by atoms with Crippen LogP contribution in [0.3, 0.4) is 0 Å². The number of rotatable bonds is 6. The third-order valence-electron chi connectivity index (χ3n) is 2.98. The van der Waals surface area contributed by atoms with Crippen molar-refractivity contribution in [2.45, 2.75) is 25.9 Å². The molecule has 0 aliphatic heterocycles. The standard InChI is InChI=1S/C13H16F3N3O/c1-2-9(5-6-20)8-18-12-10(7-17)3-4-11(19-12)13(14,15)16/h3-4,9,20H,2,5-6,8H2,1H3,(H,18,19). The molecule has 0 aliphatic carbocycles. The Labute approximate surface area is 115 Å². The fourth-order valence-electron chi connectivity index (χ4n) is 1.72. The number of aliphatic hydroxyl groups is 1. The van der Waals surface area contributed by atoms with Crippen molar-refractivity contribution < 1.29 is 18.3 Å². The average molecular weight is 287 g/mol. The molecule has 0 radical (unpaired) electrons. The highest BCUT2D eigenvalue weighted by Crippen LogP contribution is 2.29. The van der Waals surface area contributed by atoms with Gasteiger partial charge in [-0.25, -0.2) is 4.98 Å². The first-order chi connectivity index (χ1) is 9.42. The first kappa shape index (κ1) is 16.2. The molecule has 0 saturated carbocycles. The van der Waals surface area contributed by atoms with Gasteiger partial charge in [0.2, 0.25) is 0 Å². The molecule has 4 nitrogen and oxygen atoms in total. The van der Waals surface area contributed by atoms with Gasteiger partial charge in [-0.2, -0.15) is 18.4 Å². The number of hydrogen-bond acceptors (Lipinski definition) is 4. The first-order valence-electron chi connectivity index (χ1n) is 6.25. The molecule has 2 N–H and O–H groups in total. The van der Waals surface area contributed by atoms with Crippen LogP contribution in [0.25, 0.3) is 0 Å². The first-order valence-corrected chi connectivity index (χ1v) is 6.25. The van der Waals surface area contributed by atoms with Crippen molar-refractivity contribution in [3.8, 4) is 6.07 Å². The zero-order chi connectivity index (χ0) is 15.2. The van der Waals surface area contributed by atoms with Gasteiger partial charge >= 0.3 is 6.18 Å². The van der Waals surface area contributed by atoms with Crippen LogP contribution >= 0.6 is 0 Å². The Morgan fingerprint density at radius 1 is 1.45 bits per heavy atom. The predicted octanol–water partition coefficient (Wildman–Crippen LogP) is 2.79. The summed E-state index contributed by atoms with van der Waals surface area (Å²) in [6, 6.07) is 3.70. The van der Waals surface area contributed by atoms with E-state index in [1.807, 2.05) is 6.92 Å². The maximum Gasteiger partial charge on any atom is 0.433 e. The zero-order valence-corrected chi connectivity index (χ0v) is 11.0. The van der Waals surface area contributed by atoms with Crippen molar-refractivity contribution in [3.05, 3.63) is 23.4 Å². The highest BCUT2D eigenvalue weighted by atomic mass is 19.4. The van der Waals surface area contributed by atoms with E-state index < -0.39 is 11.9 Å². The SMILES string of the molecule is CCC(CCO)CNc1nc(C(F)(F)F)ccc1C#N. The van der Waals surface area contributed by atoms with Crippen molar-refractivity contribution in [3.63, 3.8) is 0 Å². The molecule has 110 valence electrons. The van der Waals surface area contributed by atoms with Crippen LogP contribution in [0.4, 0.5) is 19.0 Å². The van der Waals surface area contributed by atoms with E-state index in [2.05, 4.69) is 10.3 Å². The van der Waals surface area contributed by atoms with Crippen LogP contribution in [0.15, 0.2) is 12.1 Å². The molecule has 1 rings (SSSR count). The number of aliphatic hydroxyl groups excluding tert-OH is 1. The summed E-state index contributed by atoms with van der Waals surface area (Å²) in [6.45, 7) is 2.30. The van der Waals surface area contributed by atoms with Gasteiger partial charge in [-0.3, -0.25) is 0 Å². The van der Waals surface area contributed by atoms with Crippen molar-refractivity contribution in [1.29, 1.82) is 5.26 Å². The Morgan fingerprint density at radius 3 is 2.65 bits per heavy atom. The molecule has 0 amide bonds. The van der Waals surface area contributed by atoms with Crippen LogP contribution in [0.1, 0.15) is 31.0 Å². The summed E-state index contributed by atoms with van der Waals surface area (Å²) < 4.78 is 37.7. The Balaban J connectivity index is 2.89. The van der Waals surface area contributed by atoms with Crippen molar-refractivity contribution in [2.24, 2.45) is 5.92 Å². The van der Waals surface area contributed by atoms with Crippen molar-refractivity contribution in [2.75, 3.05) is 18.5 Å². The Hall–Kier alpha value is -1.81. The summed E-state index contributed by atoms with van der Waals surface area (Å²) in [6.07, 6.45) is -3.22. The van der Waals surface area contributed by atoms with E-state index in [9.17, 15) is 13.2 Å². The summed E-state index contributed by atoms with van der Waals surface area (Å²) in [7, 11) is 0. The van der Waals surface area contributed by atoms with Gasteiger partial charge in [0.05, 0.1) is 5.56 Å². The van der Waals surface area contributed by atoms with Gasteiger partial charge in [0.25, 0.3) is 0 Å². The topological polar surface area (TPSA) is 68.9 Å². The molecule has 0 aliphatic rings. The molecule has 1 heterocycles. The van der Waals surface area contributed by atoms with E-state index in [0.29, 0.717) is 13.0 Å². The highest BCUT2D eigenvalue weighted by Gasteiger charge is 2.33. The normalized spacial score (nSPS) is 12.8. The van der Waals surface area contributed by atoms with Gasteiger partial charge in [0.1, 0.15) is 17.6 Å². The number of pyridine rings is 1. The van der Waals surface area contributed by atoms with Crippen LogP contribution < -0.4 is 5.32 Å². The molecule has 0 aromatic carbocycles. The monoisotopic (exact) mass is 287 g/mol. The lowest BCUT2D eigenvalue weighted by Crippen LogP contribution is -2.18. The van der Waals surface area contributed by atoms with Gasteiger partial charge in [-0.1, -0.05) is 13.3 Å². The molecule has 0 bridgehead atoms. The largest absolute Gasteiger partial charge is 0.433 e.